The summed E-state index contributed by atoms with van der Waals surface area (Å²) in [7, 11) is 1.88. The fourth-order valence-electron chi connectivity index (χ4n) is 2.26. The normalized spacial score (nSPS) is 11.0. The highest BCUT2D eigenvalue weighted by molar-refractivity contribution is 5.94. The molecule has 0 heterocycles. The molecule has 0 atom stereocenters. The van der Waals surface area contributed by atoms with Crippen LogP contribution in [-0.2, 0) is 15.9 Å². The van der Waals surface area contributed by atoms with Gasteiger partial charge < -0.3 is 20.1 Å². The number of hydrogen-bond acceptors (Lipinski definition) is 5. The van der Waals surface area contributed by atoms with E-state index < -0.39 is 5.54 Å². The molecular formula is C18H29N5O3. The van der Waals surface area contributed by atoms with E-state index in [1.54, 1.807) is 12.1 Å². The molecule has 8 heteroatoms. The lowest BCUT2D eigenvalue weighted by Gasteiger charge is -2.17. The number of azide groups is 1. The SMILES string of the molecule is CNCCOCCOCCNC(=O)c1ccc(CC(C)(C)N=[N+]=[N-])cc1. The maximum atomic E-state index is 12.1. The van der Waals surface area contributed by atoms with Crippen LogP contribution in [0, 0.1) is 0 Å². The minimum Gasteiger partial charge on any atom is -0.378 e. The lowest BCUT2D eigenvalue weighted by molar-refractivity contribution is 0.0497. The Morgan fingerprint density at radius 2 is 1.73 bits per heavy atom. The van der Waals surface area contributed by atoms with Crippen molar-refractivity contribution in [3.63, 3.8) is 0 Å². The predicted octanol–water partition coefficient (Wildman–Crippen LogP) is 2.30. The van der Waals surface area contributed by atoms with Gasteiger partial charge in [0.1, 0.15) is 0 Å². The number of hydrogen-bond donors (Lipinski definition) is 2. The van der Waals surface area contributed by atoms with Crippen molar-refractivity contribution in [2.75, 3.05) is 46.6 Å². The van der Waals surface area contributed by atoms with Crippen LogP contribution in [0.3, 0.4) is 0 Å². The standard InChI is InChI=1S/C18H29N5O3/c1-18(2,22-23-19)14-15-4-6-16(7-5-15)17(24)21-9-11-26-13-12-25-10-8-20-3/h4-7,20H,8-14H2,1-3H3,(H,21,24). The lowest BCUT2D eigenvalue weighted by atomic mass is 9.95. The quantitative estimate of drug-likeness (QED) is 0.242. The molecule has 0 unspecified atom stereocenters. The highest BCUT2D eigenvalue weighted by Gasteiger charge is 2.16. The lowest BCUT2D eigenvalue weighted by Crippen LogP contribution is -2.27. The van der Waals surface area contributed by atoms with Crippen LogP contribution >= 0.6 is 0 Å². The second kappa shape index (κ2) is 12.3. The molecule has 1 rings (SSSR count). The third kappa shape index (κ3) is 9.39. The molecule has 26 heavy (non-hydrogen) atoms. The van der Waals surface area contributed by atoms with Crippen LogP contribution in [0.15, 0.2) is 29.4 Å². The summed E-state index contributed by atoms with van der Waals surface area (Å²) < 4.78 is 10.7. The van der Waals surface area contributed by atoms with Gasteiger partial charge in [-0.25, -0.2) is 0 Å². The van der Waals surface area contributed by atoms with Crippen molar-refractivity contribution < 1.29 is 14.3 Å². The topological polar surface area (TPSA) is 108 Å². The first-order valence-electron chi connectivity index (χ1n) is 8.72. The van der Waals surface area contributed by atoms with Gasteiger partial charge in [0.2, 0.25) is 0 Å². The average Bonchev–Trinajstić information content (AvgIpc) is 2.60. The van der Waals surface area contributed by atoms with E-state index in [-0.39, 0.29) is 5.91 Å². The number of nitrogens with one attached hydrogen (secondary N) is 2. The van der Waals surface area contributed by atoms with Crippen molar-refractivity contribution in [3.8, 4) is 0 Å². The summed E-state index contributed by atoms with van der Waals surface area (Å²) in [4.78, 5) is 14.9. The van der Waals surface area contributed by atoms with Gasteiger partial charge in [-0.05, 0) is 36.7 Å². The van der Waals surface area contributed by atoms with Gasteiger partial charge in [-0.1, -0.05) is 31.1 Å². The maximum absolute atomic E-state index is 12.1. The van der Waals surface area contributed by atoms with Crippen molar-refractivity contribution in [1.82, 2.24) is 10.6 Å². The summed E-state index contributed by atoms with van der Waals surface area (Å²) in [6, 6.07) is 7.30. The molecule has 0 saturated carbocycles. The van der Waals surface area contributed by atoms with Crippen molar-refractivity contribution in [2.24, 2.45) is 5.11 Å². The number of likely N-dealkylation sites (N-methyl/N-ethyl adjacent to an activating group) is 1. The zero-order valence-electron chi connectivity index (χ0n) is 15.8. The second-order valence-electron chi connectivity index (χ2n) is 6.46. The highest BCUT2D eigenvalue weighted by atomic mass is 16.5. The molecule has 1 aromatic carbocycles. The van der Waals surface area contributed by atoms with Crippen molar-refractivity contribution in [3.05, 3.63) is 45.8 Å². The summed E-state index contributed by atoms with van der Waals surface area (Å²) in [5.74, 6) is -0.139. The molecule has 0 aliphatic heterocycles. The highest BCUT2D eigenvalue weighted by Crippen LogP contribution is 2.17. The van der Waals surface area contributed by atoms with Crippen LogP contribution in [-0.4, -0.2) is 58.0 Å². The maximum Gasteiger partial charge on any atom is 0.251 e. The molecule has 1 amide bonds. The largest absolute Gasteiger partial charge is 0.378 e. The van der Waals surface area contributed by atoms with Gasteiger partial charge in [0.05, 0.1) is 26.4 Å². The summed E-state index contributed by atoms with van der Waals surface area (Å²) in [5, 5.41) is 9.58. The summed E-state index contributed by atoms with van der Waals surface area (Å²) >= 11 is 0. The first-order chi connectivity index (χ1) is 12.5. The molecular weight excluding hydrogens is 334 g/mol. The second-order valence-corrected chi connectivity index (χ2v) is 6.46. The Labute approximate surface area is 154 Å². The van der Waals surface area contributed by atoms with Crippen LogP contribution in [0.25, 0.3) is 10.4 Å². The minimum atomic E-state index is -0.493. The van der Waals surface area contributed by atoms with Gasteiger partial charge in [-0.15, -0.1) is 0 Å². The van der Waals surface area contributed by atoms with Crippen LogP contribution in [0.1, 0.15) is 29.8 Å². The van der Waals surface area contributed by atoms with Crippen molar-refractivity contribution >= 4 is 5.91 Å². The Bertz CT molecular complexity index is 583. The van der Waals surface area contributed by atoms with Crippen LogP contribution in [0.2, 0.25) is 0 Å². The molecule has 0 spiro atoms. The Kier molecular flexibility index (Phi) is 10.3. The summed E-state index contributed by atoms with van der Waals surface area (Å²) in [6.45, 7) is 7.17. The smallest absolute Gasteiger partial charge is 0.251 e. The van der Waals surface area contributed by atoms with Crippen molar-refractivity contribution in [1.29, 1.82) is 0 Å². The van der Waals surface area contributed by atoms with Crippen LogP contribution in [0.4, 0.5) is 0 Å². The Morgan fingerprint density at radius 1 is 1.12 bits per heavy atom. The number of amides is 1. The van der Waals surface area contributed by atoms with E-state index in [1.165, 1.54) is 0 Å². The Hall–Kier alpha value is -2.12. The fraction of sp³-hybridized carbons (Fsp3) is 0.611. The zero-order valence-corrected chi connectivity index (χ0v) is 15.8. The Morgan fingerprint density at radius 3 is 2.31 bits per heavy atom. The number of carbonyl (C=O) groups excluding carboxylic acids is 1. The molecule has 0 saturated heterocycles. The van der Waals surface area contributed by atoms with Crippen LogP contribution < -0.4 is 10.6 Å². The molecule has 8 nitrogen and oxygen atoms in total. The molecule has 0 aliphatic rings. The third-order valence-corrected chi connectivity index (χ3v) is 3.57. The predicted molar refractivity (Wildman–Crippen MR) is 101 cm³/mol. The molecule has 0 fully saturated rings. The number of ether oxygens (including phenoxy) is 2. The average molecular weight is 363 g/mol. The molecule has 0 bridgehead atoms. The van der Waals surface area contributed by atoms with E-state index >= 15 is 0 Å². The van der Waals surface area contributed by atoms with Crippen molar-refractivity contribution in [2.45, 2.75) is 25.8 Å². The van der Waals surface area contributed by atoms with Gasteiger partial charge >= 0.3 is 0 Å². The molecule has 144 valence electrons. The molecule has 0 radical (unpaired) electrons. The zero-order chi connectivity index (χ0) is 19.3. The van der Waals surface area contributed by atoms with E-state index in [1.807, 2.05) is 33.0 Å². The number of carbonyl (C=O) groups is 1. The Balaban J connectivity index is 2.26. The van der Waals surface area contributed by atoms with Gasteiger partial charge in [0.15, 0.2) is 0 Å². The molecule has 1 aromatic rings. The number of rotatable bonds is 13. The van der Waals surface area contributed by atoms with Gasteiger partial charge in [0, 0.05) is 29.1 Å². The third-order valence-electron chi connectivity index (χ3n) is 3.57. The van der Waals surface area contributed by atoms with Gasteiger partial charge in [-0.3, -0.25) is 4.79 Å². The monoisotopic (exact) mass is 363 g/mol. The van der Waals surface area contributed by atoms with Crippen LogP contribution in [0.5, 0.6) is 0 Å². The number of nitrogens with zero attached hydrogens (tertiary/aromatic N) is 3. The van der Waals surface area contributed by atoms with Gasteiger partial charge in [-0.2, -0.15) is 0 Å². The van der Waals surface area contributed by atoms with E-state index in [9.17, 15) is 4.79 Å². The fourth-order valence-corrected chi connectivity index (χ4v) is 2.26. The van der Waals surface area contributed by atoms with E-state index in [0.29, 0.717) is 45.0 Å². The summed E-state index contributed by atoms with van der Waals surface area (Å²) in [5.41, 5.74) is 9.68. The van der Waals surface area contributed by atoms with E-state index in [2.05, 4.69) is 20.7 Å². The summed E-state index contributed by atoms with van der Waals surface area (Å²) in [6.07, 6.45) is 0.614. The molecule has 0 aliphatic carbocycles. The molecule has 2 N–H and O–H groups in total. The molecule has 0 aromatic heterocycles. The first kappa shape index (κ1) is 21.9. The van der Waals surface area contributed by atoms with E-state index in [4.69, 9.17) is 15.0 Å². The van der Waals surface area contributed by atoms with E-state index in [0.717, 1.165) is 12.1 Å². The minimum absolute atomic E-state index is 0.139. The first-order valence-corrected chi connectivity index (χ1v) is 8.72. The number of benzene rings is 1. The van der Waals surface area contributed by atoms with Gasteiger partial charge in [0.25, 0.3) is 5.91 Å².